The Balaban J connectivity index is 2.95. The van der Waals surface area contributed by atoms with Crippen molar-refractivity contribution in [1.82, 2.24) is 0 Å². The standard InChI is InChI=1S/C13H19NO2/c1-3-13(16,4-2)12(15)11-7-5-10(9-14)6-8-11/h5-8,16H,3-4,9,14H2,1-2H3. The molecule has 3 nitrogen and oxygen atoms in total. The molecule has 0 radical (unpaired) electrons. The first kappa shape index (κ1) is 12.9. The van der Waals surface area contributed by atoms with Gasteiger partial charge in [0.2, 0.25) is 0 Å². The second kappa shape index (κ2) is 5.23. The molecule has 0 atom stereocenters. The van der Waals surface area contributed by atoms with Crippen LogP contribution in [0.1, 0.15) is 42.6 Å². The third-order valence-corrected chi connectivity index (χ3v) is 3.04. The lowest BCUT2D eigenvalue weighted by Gasteiger charge is -2.23. The molecule has 3 N–H and O–H groups in total. The Morgan fingerprint density at radius 2 is 1.75 bits per heavy atom. The Kier molecular flexibility index (Phi) is 4.21. The molecule has 0 heterocycles. The maximum absolute atomic E-state index is 12.0. The lowest BCUT2D eigenvalue weighted by atomic mass is 9.88. The van der Waals surface area contributed by atoms with Crippen LogP contribution in [0, 0.1) is 0 Å². The van der Waals surface area contributed by atoms with Crippen LogP contribution in [0.15, 0.2) is 24.3 Å². The Morgan fingerprint density at radius 3 is 2.12 bits per heavy atom. The Labute approximate surface area is 96.3 Å². The third-order valence-electron chi connectivity index (χ3n) is 3.04. The average Bonchev–Trinajstić information content (AvgIpc) is 2.37. The molecule has 16 heavy (non-hydrogen) atoms. The first-order chi connectivity index (χ1) is 7.57. The quantitative estimate of drug-likeness (QED) is 0.746. The summed E-state index contributed by atoms with van der Waals surface area (Å²) in [5.74, 6) is -0.207. The fourth-order valence-electron chi connectivity index (χ4n) is 1.63. The van der Waals surface area contributed by atoms with Gasteiger partial charge >= 0.3 is 0 Å². The van der Waals surface area contributed by atoms with Gasteiger partial charge in [-0.05, 0) is 18.4 Å². The summed E-state index contributed by atoms with van der Waals surface area (Å²) < 4.78 is 0. The molecule has 0 spiro atoms. The molecule has 1 rings (SSSR count). The maximum atomic E-state index is 12.0. The van der Waals surface area contributed by atoms with E-state index in [1.54, 1.807) is 12.1 Å². The maximum Gasteiger partial charge on any atom is 0.194 e. The molecule has 3 heteroatoms. The highest BCUT2D eigenvalue weighted by atomic mass is 16.3. The van der Waals surface area contributed by atoms with E-state index in [2.05, 4.69) is 0 Å². The van der Waals surface area contributed by atoms with E-state index in [4.69, 9.17) is 5.73 Å². The van der Waals surface area contributed by atoms with Gasteiger partial charge in [-0.2, -0.15) is 0 Å². The fraction of sp³-hybridized carbons (Fsp3) is 0.462. The number of hydrogen-bond donors (Lipinski definition) is 2. The van der Waals surface area contributed by atoms with Gasteiger partial charge in [0.1, 0.15) is 5.60 Å². The van der Waals surface area contributed by atoms with Gasteiger partial charge in [0, 0.05) is 12.1 Å². The van der Waals surface area contributed by atoms with Crippen LogP contribution in [0.25, 0.3) is 0 Å². The summed E-state index contributed by atoms with van der Waals surface area (Å²) >= 11 is 0. The minimum atomic E-state index is -1.23. The highest BCUT2D eigenvalue weighted by molar-refractivity contribution is 6.02. The van der Waals surface area contributed by atoms with E-state index in [9.17, 15) is 9.90 Å². The molecule has 1 aromatic rings. The smallest absolute Gasteiger partial charge is 0.194 e. The lowest BCUT2D eigenvalue weighted by molar-refractivity contribution is 0.0277. The van der Waals surface area contributed by atoms with Gasteiger partial charge in [0.25, 0.3) is 0 Å². The van der Waals surface area contributed by atoms with E-state index in [0.29, 0.717) is 24.9 Å². The summed E-state index contributed by atoms with van der Waals surface area (Å²) in [6, 6.07) is 7.08. The molecule has 1 aromatic carbocycles. The van der Waals surface area contributed by atoms with Gasteiger partial charge in [-0.1, -0.05) is 38.1 Å². The zero-order valence-electron chi connectivity index (χ0n) is 9.86. The molecule has 0 amide bonds. The van der Waals surface area contributed by atoms with Gasteiger partial charge in [-0.25, -0.2) is 0 Å². The van der Waals surface area contributed by atoms with Gasteiger partial charge in [-0.15, -0.1) is 0 Å². The van der Waals surface area contributed by atoms with Crippen LogP contribution in [0.3, 0.4) is 0 Å². The molecular formula is C13H19NO2. The van der Waals surface area contributed by atoms with Crippen LogP contribution in [-0.2, 0) is 6.54 Å². The molecule has 0 aromatic heterocycles. The van der Waals surface area contributed by atoms with Crippen molar-refractivity contribution in [3.05, 3.63) is 35.4 Å². The zero-order chi connectivity index (χ0) is 12.2. The van der Waals surface area contributed by atoms with Crippen molar-refractivity contribution in [2.75, 3.05) is 0 Å². The van der Waals surface area contributed by atoms with Crippen LogP contribution >= 0.6 is 0 Å². The second-order valence-corrected chi connectivity index (χ2v) is 3.97. The summed E-state index contributed by atoms with van der Waals surface area (Å²) in [5, 5.41) is 10.1. The van der Waals surface area contributed by atoms with Crippen LogP contribution in [0.2, 0.25) is 0 Å². The topological polar surface area (TPSA) is 63.3 Å². The van der Waals surface area contributed by atoms with E-state index < -0.39 is 5.60 Å². The zero-order valence-corrected chi connectivity index (χ0v) is 9.86. The Hall–Kier alpha value is -1.19. The van der Waals surface area contributed by atoms with Crippen molar-refractivity contribution in [1.29, 1.82) is 0 Å². The van der Waals surface area contributed by atoms with Crippen LogP contribution in [0.5, 0.6) is 0 Å². The number of carbonyl (C=O) groups excluding carboxylic acids is 1. The number of rotatable bonds is 5. The van der Waals surface area contributed by atoms with E-state index >= 15 is 0 Å². The normalized spacial score (nSPS) is 11.5. The molecule has 0 bridgehead atoms. The second-order valence-electron chi connectivity index (χ2n) is 3.97. The van der Waals surface area contributed by atoms with E-state index in [1.165, 1.54) is 0 Å². The predicted molar refractivity (Wildman–Crippen MR) is 64.2 cm³/mol. The number of benzene rings is 1. The minimum Gasteiger partial charge on any atom is -0.382 e. The summed E-state index contributed by atoms with van der Waals surface area (Å²) in [4.78, 5) is 12.0. The molecule has 88 valence electrons. The molecule has 0 aliphatic rings. The molecule has 0 saturated carbocycles. The number of aliphatic hydroxyl groups is 1. The van der Waals surface area contributed by atoms with E-state index in [0.717, 1.165) is 5.56 Å². The summed E-state index contributed by atoms with van der Waals surface area (Å²) in [6.07, 6.45) is 0.863. The van der Waals surface area contributed by atoms with Crippen molar-refractivity contribution >= 4 is 5.78 Å². The first-order valence-electron chi connectivity index (χ1n) is 5.63. The van der Waals surface area contributed by atoms with Crippen molar-refractivity contribution < 1.29 is 9.90 Å². The summed E-state index contributed by atoms with van der Waals surface area (Å²) in [5.41, 5.74) is 5.77. The van der Waals surface area contributed by atoms with E-state index in [-0.39, 0.29) is 5.78 Å². The van der Waals surface area contributed by atoms with Crippen molar-refractivity contribution in [2.24, 2.45) is 5.73 Å². The first-order valence-corrected chi connectivity index (χ1v) is 5.63. The van der Waals surface area contributed by atoms with Gasteiger partial charge in [0.05, 0.1) is 0 Å². The van der Waals surface area contributed by atoms with Gasteiger partial charge in [-0.3, -0.25) is 4.79 Å². The molecular weight excluding hydrogens is 202 g/mol. The lowest BCUT2D eigenvalue weighted by Crippen LogP contribution is -2.37. The third kappa shape index (κ3) is 2.49. The fourth-order valence-corrected chi connectivity index (χ4v) is 1.63. The van der Waals surface area contributed by atoms with Crippen LogP contribution < -0.4 is 5.73 Å². The predicted octanol–water partition coefficient (Wildman–Crippen LogP) is 1.88. The molecule has 0 aliphatic carbocycles. The molecule has 0 aliphatic heterocycles. The minimum absolute atomic E-state index is 0.207. The summed E-state index contributed by atoms with van der Waals surface area (Å²) in [7, 11) is 0. The monoisotopic (exact) mass is 221 g/mol. The van der Waals surface area contributed by atoms with Crippen molar-refractivity contribution in [3.63, 3.8) is 0 Å². The Bertz CT molecular complexity index is 353. The molecule has 0 saturated heterocycles. The highest BCUT2D eigenvalue weighted by Crippen LogP contribution is 2.21. The SMILES string of the molecule is CCC(O)(CC)C(=O)c1ccc(CN)cc1. The largest absolute Gasteiger partial charge is 0.382 e. The van der Waals surface area contributed by atoms with Crippen molar-refractivity contribution in [2.45, 2.75) is 38.8 Å². The number of ketones is 1. The number of hydrogen-bond acceptors (Lipinski definition) is 3. The Morgan fingerprint density at radius 1 is 1.25 bits per heavy atom. The van der Waals surface area contributed by atoms with Crippen LogP contribution in [0.4, 0.5) is 0 Å². The number of carbonyl (C=O) groups is 1. The highest BCUT2D eigenvalue weighted by Gasteiger charge is 2.32. The van der Waals surface area contributed by atoms with Gasteiger partial charge < -0.3 is 10.8 Å². The summed E-state index contributed by atoms with van der Waals surface area (Å²) in [6.45, 7) is 4.09. The van der Waals surface area contributed by atoms with Crippen LogP contribution in [-0.4, -0.2) is 16.5 Å². The molecule has 0 fully saturated rings. The van der Waals surface area contributed by atoms with E-state index in [1.807, 2.05) is 26.0 Å². The average molecular weight is 221 g/mol. The molecule has 0 unspecified atom stereocenters. The number of nitrogens with two attached hydrogens (primary N) is 1. The van der Waals surface area contributed by atoms with Crippen molar-refractivity contribution in [3.8, 4) is 0 Å². The number of Topliss-reactive ketones (excluding diaryl/α,β-unsaturated/α-hetero) is 1. The van der Waals surface area contributed by atoms with Gasteiger partial charge in [0.15, 0.2) is 5.78 Å².